The highest BCUT2D eigenvalue weighted by Gasteiger charge is 2.33. The number of carbonyl (C=O) groups excluding carboxylic acids is 2. The highest BCUT2D eigenvalue weighted by molar-refractivity contribution is 8.26. The highest BCUT2D eigenvalue weighted by Crippen LogP contribution is 2.33. The maximum atomic E-state index is 12.9. The molecule has 2 heterocycles. The minimum absolute atomic E-state index is 0.156. The van der Waals surface area contributed by atoms with Gasteiger partial charge in [0.05, 0.1) is 16.7 Å². The molecule has 5 rings (SSSR count). The number of hydrogen-bond donors (Lipinski definition) is 1. The molecule has 1 saturated heterocycles. The Morgan fingerprint density at radius 1 is 1.06 bits per heavy atom. The molecule has 6 nitrogen and oxygen atoms in total. The lowest BCUT2D eigenvalue weighted by Crippen LogP contribution is -2.45. The number of nitrogens with one attached hydrogen (secondary N) is 1. The first-order valence-corrected chi connectivity index (χ1v) is 11.4. The molecule has 0 spiro atoms. The summed E-state index contributed by atoms with van der Waals surface area (Å²) in [5.74, 6) is -0.00108. The molecule has 1 fully saturated rings. The van der Waals surface area contributed by atoms with Gasteiger partial charge in [-0.2, -0.15) is 5.01 Å². The van der Waals surface area contributed by atoms with Crippen LogP contribution in [-0.4, -0.2) is 26.3 Å². The molecule has 4 aromatic rings. The average Bonchev–Trinajstić information content (AvgIpc) is 3.36. The Labute approximate surface area is 199 Å². The zero-order chi connectivity index (χ0) is 22.8. The summed E-state index contributed by atoms with van der Waals surface area (Å²) in [5, 5.41) is 6.11. The number of benzene rings is 3. The minimum Gasteiger partial charge on any atom is -0.355 e. The Morgan fingerprint density at radius 2 is 1.79 bits per heavy atom. The van der Waals surface area contributed by atoms with E-state index in [1.807, 2.05) is 78.9 Å². The molecule has 0 bridgehead atoms. The molecule has 1 aliphatic rings. The predicted octanol–water partition coefficient (Wildman–Crippen LogP) is 4.97. The first-order valence-electron chi connectivity index (χ1n) is 10.1. The summed E-state index contributed by atoms with van der Waals surface area (Å²) in [4.78, 5) is 25.7. The molecule has 1 N–H and O–H groups in total. The number of rotatable bonds is 5. The molecule has 0 unspecified atom stereocenters. The van der Waals surface area contributed by atoms with Gasteiger partial charge in [-0.15, -0.1) is 0 Å². The number of carbonyl (C=O) groups is 2. The van der Waals surface area contributed by atoms with E-state index in [0.717, 1.165) is 44.4 Å². The summed E-state index contributed by atoms with van der Waals surface area (Å²) >= 11 is 6.48. The summed E-state index contributed by atoms with van der Waals surface area (Å²) in [6.45, 7) is 0. The van der Waals surface area contributed by atoms with Crippen molar-refractivity contribution in [2.24, 2.45) is 0 Å². The van der Waals surface area contributed by atoms with Gasteiger partial charge in [0, 0.05) is 5.56 Å². The number of fused-ring (bicyclic) bond motifs is 1. The van der Waals surface area contributed by atoms with E-state index in [0.29, 0.717) is 10.7 Å². The fourth-order valence-electron chi connectivity index (χ4n) is 3.51. The number of aromatic nitrogens is 1. The van der Waals surface area contributed by atoms with Crippen molar-refractivity contribution in [1.29, 1.82) is 0 Å². The Hall–Kier alpha value is -3.75. The van der Waals surface area contributed by atoms with Gasteiger partial charge in [-0.3, -0.25) is 15.0 Å². The Kier molecular flexibility index (Phi) is 5.77. The third-order valence-electron chi connectivity index (χ3n) is 5.07. The van der Waals surface area contributed by atoms with Crippen LogP contribution in [0.1, 0.15) is 11.1 Å². The summed E-state index contributed by atoms with van der Waals surface area (Å²) in [6, 6.07) is 24.7. The SMILES string of the molecule is O=C(Cc1ccccc1)NN1C(=O)C(=Cc2ccc3noc(-c4ccccc4)c3c2)SC1=S. The monoisotopic (exact) mass is 471 g/mol. The van der Waals surface area contributed by atoms with E-state index in [1.54, 1.807) is 6.08 Å². The molecular formula is C25H17N3O3S2. The Morgan fingerprint density at radius 3 is 2.55 bits per heavy atom. The molecule has 8 heteroatoms. The van der Waals surface area contributed by atoms with E-state index in [4.69, 9.17) is 16.7 Å². The number of hydrogen-bond acceptors (Lipinski definition) is 6. The number of thioether (sulfide) groups is 1. The molecule has 1 aromatic heterocycles. The van der Waals surface area contributed by atoms with Gasteiger partial charge >= 0.3 is 0 Å². The van der Waals surface area contributed by atoms with Crippen molar-refractivity contribution in [3.63, 3.8) is 0 Å². The minimum atomic E-state index is -0.361. The number of amides is 2. The third kappa shape index (κ3) is 4.44. The van der Waals surface area contributed by atoms with Crippen molar-refractivity contribution in [3.05, 3.63) is 94.9 Å². The highest BCUT2D eigenvalue weighted by atomic mass is 32.2. The Bertz CT molecular complexity index is 1400. The largest absolute Gasteiger partial charge is 0.355 e. The van der Waals surface area contributed by atoms with E-state index in [-0.39, 0.29) is 22.6 Å². The van der Waals surface area contributed by atoms with Gasteiger partial charge in [-0.1, -0.05) is 83.6 Å². The van der Waals surface area contributed by atoms with Crippen LogP contribution in [0.5, 0.6) is 0 Å². The number of thiocarbonyl (C=S) groups is 1. The van der Waals surface area contributed by atoms with Crippen molar-refractivity contribution in [1.82, 2.24) is 15.6 Å². The lowest BCUT2D eigenvalue weighted by Gasteiger charge is -2.15. The van der Waals surface area contributed by atoms with Gasteiger partial charge in [0.1, 0.15) is 5.52 Å². The molecule has 2 amide bonds. The van der Waals surface area contributed by atoms with Gasteiger partial charge in [-0.25, -0.2) is 0 Å². The predicted molar refractivity (Wildman–Crippen MR) is 133 cm³/mol. The number of nitrogens with zero attached hydrogens (tertiary/aromatic N) is 2. The van der Waals surface area contributed by atoms with Crippen LogP contribution < -0.4 is 5.43 Å². The average molecular weight is 472 g/mol. The van der Waals surface area contributed by atoms with Crippen LogP contribution in [0.2, 0.25) is 0 Å². The second-order valence-corrected chi connectivity index (χ2v) is 9.04. The van der Waals surface area contributed by atoms with Gasteiger partial charge in [0.15, 0.2) is 10.1 Å². The second-order valence-electron chi connectivity index (χ2n) is 7.37. The van der Waals surface area contributed by atoms with Crippen LogP contribution in [0.25, 0.3) is 28.3 Å². The first-order chi connectivity index (χ1) is 16.1. The van der Waals surface area contributed by atoms with Crippen LogP contribution in [0, 0.1) is 0 Å². The van der Waals surface area contributed by atoms with E-state index in [9.17, 15) is 9.59 Å². The zero-order valence-electron chi connectivity index (χ0n) is 17.2. The summed E-state index contributed by atoms with van der Waals surface area (Å²) in [6.07, 6.45) is 1.91. The van der Waals surface area contributed by atoms with Crippen LogP contribution in [0.3, 0.4) is 0 Å². The second kappa shape index (κ2) is 9.01. The van der Waals surface area contributed by atoms with Crippen LogP contribution in [-0.2, 0) is 16.0 Å². The van der Waals surface area contributed by atoms with Gasteiger partial charge in [0.25, 0.3) is 5.91 Å². The van der Waals surface area contributed by atoms with Crippen molar-refractivity contribution in [2.75, 3.05) is 0 Å². The van der Waals surface area contributed by atoms with Crippen molar-refractivity contribution in [3.8, 4) is 11.3 Å². The van der Waals surface area contributed by atoms with Crippen LogP contribution >= 0.6 is 24.0 Å². The van der Waals surface area contributed by atoms with Crippen LogP contribution in [0.15, 0.2) is 88.3 Å². The molecule has 162 valence electrons. The van der Waals surface area contributed by atoms with Crippen LogP contribution in [0.4, 0.5) is 0 Å². The maximum Gasteiger partial charge on any atom is 0.285 e. The van der Waals surface area contributed by atoms with Crippen molar-refractivity contribution < 1.29 is 14.1 Å². The van der Waals surface area contributed by atoms with Gasteiger partial charge in [0.2, 0.25) is 5.91 Å². The summed E-state index contributed by atoms with van der Waals surface area (Å²) in [7, 11) is 0. The van der Waals surface area contributed by atoms with Gasteiger partial charge < -0.3 is 4.52 Å². The molecule has 33 heavy (non-hydrogen) atoms. The lowest BCUT2D eigenvalue weighted by molar-refractivity contribution is -0.132. The van der Waals surface area contributed by atoms with E-state index >= 15 is 0 Å². The van der Waals surface area contributed by atoms with Crippen molar-refractivity contribution >= 4 is 57.1 Å². The molecule has 0 aliphatic carbocycles. The molecular weight excluding hydrogens is 454 g/mol. The van der Waals surface area contributed by atoms with Gasteiger partial charge in [-0.05, 0) is 41.6 Å². The molecule has 0 atom stereocenters. The molecule has 0 saturated carbocycles. The summed E-state index contributed by atoms with van der Waals surface area (Å²) in [5.41, 5.74) is 5.92. The topological polar surface area (TPSA) is 75.4 Å². The normalized spacial score (nSPS) is 14.9. The fraction of sp³-hybridized carbons (Fsp3) is 0.0400. The molecule has 1 aliphatic heterocycles. The van der Waals surface area contributed by atoms with Crippen molar-refractivity contribution in [2.45, 2.75) is 6.42 Å². The quantitative estimate of drug-likeness (QED) is 0.327. The standard InChI is InChI=1S/C25H17N3O3S2/c29-22(15-16-7-3-1-4-8-16)26-28-24(30)21(33-25(28)32)14-17-11-12-20-19(13-17)23(31-27-20)18-9-5-2-6-10-18/h1-14H,15H2,(H,26,29). The molecule has 0 radical (unpaired) electrons. The fourth-order valence-corrected chi connectivity index (χ4v) is 4.69. The zero-order valence-corrected chi connectivity index (χ0v) is 18.9. The Balaban J connectivity index is 1.37. The number of hydrazine groups is 1. The van der Waals surface area contributed by atoms with E-state index in [2.05, 4.69) is 10.6 Å². The van der Waals surface area contributed by atoms with E-state index in [1.165, 1.54) is 0 Å². The molecule has 3 aromatic carbocycles. The smallest absolute Gasteiger partial charge is 0.285 e. The van der Waals surface area contributed by atoms with E-state index < -0.39 is 0 Å². The summed E-state index contributed by atoms with van der Waals surface area (Å²) < 4.78 is 5.84. The third-order valence-corrected chi connectivity index (χ3v) is 6.37. The lowest BCUT2D eigenvalue weighted by atomic mass is 10.1. The first kappa shape index (κ1) is 21.1. The maximum absolute atomic E-state index is 12.9.